The van der Waals surface area contributed by atoms with Crippen LogP contribution >= 0.6 is 0 Å². The number of allylic oxidation sites excluding steroid dienone is 14. The Hall–Kier alpha value is -3.41. The van der Waals surface area contributed by atoms with Crippen LogP contribution in [-0.4, -0.2) is 37.2 Å². The highest BCUT2D eigenvalue weighted by Gasteiger charge is 2.19. The van der Waals surface area contributed by atoms with E-state index in [4.69, 9.17) is 14.2 Å². The van der Waals surface area contributed by atoms with Crippen molar-refractivity contribution < 1.29 is 28.6 Å². The normalized spacial score (nSPS) is 12.7. The van der Waals surface area contributed by atoms with Crippen molar-refractivity contribution in [1.82, 2.24) is 0 Å². The minimum Gasteiger partial charge on any atom is -0.462 e. The van der Waals surface area contributed by atoms with E-state index in [1.54, 1.807) is 0 Å². The van der Waals surface area contributed by atoms with E-state index in [0.717, 1.165) is 109 Å². The monoisotopic (exact) mass is 989 g/mol. The highest BCUT2D eigenvalue weighted by Crippen LogP contribution is 2.16. The van der Waals surface area contributed by atoms with E-state index < -0.39 is 6.10 Å². The molecule has 0 N–H and O–H groups in total. The van der Waals surface area contributed by atoms with Gasteiger partial charge in [0.25, 0.3) is 0 Å². The SMILES string of the molecule is CC/C=C\C/C=C\C/C=C\C/C=C\C/C=C\C/C=C\CCCCCCCCCCCCCCC(=O)OCC(COC(=O)CCCCCCCCCCCCC)OC(=O)CCCCCCC/C=C\CCCC. The molecule has 0 aliphatic carbocycles. The molecule has 0 saturated heterocycles. The third-order valence-electron chi connectivity index (χ3n) is 12.9. The summed E-state index contributed by atoms with van der Waals surface area (Å²) in [7, 11) is 0. The molecule has 0 spiro atoms. The highest BCUT2D eigenvalue weighted by atomic mass is 16.6. The molecule has 0 radical (unpaired) electrons. The van der Waals surface area contributed by atoms with Gasteiger partial charge in [0, 0.05) is 19.3 Å². The van der Waals surface area contributed by atoms with Gasteiger partial charge in [-0.15, -0.1) is 0 Å². The first-order valence-electron chi connectivity index (χ1n) is 30.1. The van der Waals surface area contributed by atoms with Gasteiger partial charge >= 0.3 is 17.9 Å². The third-order valence-corrected chi connectivity index (χ3v) is 12.9. The van der Waals surface area contributed by atoms with E-state index >= 15 is 0 Å². The Morgan fingerprint density at radius 3 is 0.915 bits per heavy atom. The maximum Gasteiger partial charge on any atom is 0.306 e. The molecule has 408 valence electrons. The average molecular weight is 990 g/mol. The molecule has 0 rings (SSSR count). The fraction of sp³-hybridized carbons (Fsp3) is 0.738. The molecule has 0 aliphatic heterocycles. The molecule has 0 heterocycles. The molecule has 0 fully saturated rings. The van der Waals surface area contributed by atoms with Crippen LogP contribution in [0.4, 0.5) is 0 Å². The molecule has 0 aromatic heterocycles. The summed E-state index contributed by atoms with van der Waals surface area (Å²) >= 11 is 0. The summed E-state index contributed by atoms with van der Waals surface area (Å²) in [5.74, 6) is -0.883. The van der Waals surface area contributed by atoms with Gasteiger partial charge in [0.15, 0.2) is 6.10 Å². The van der Waals surface area contributed by atoms with Crippen LogP contribution in [0.3, 0.4) is 0 Å². The van der Waals surface area contributed by atoms with Crippen molar-refractivity contribution in [3.8, 4) is 0 Å². The fourth-order valence-corrected chi connectivity index (χ4v) is 8.37. The van der Waals surface area contributed by atoms with Gasteiger partial charge in [0.05, 0.1) is 0 Å². The summed E-state index contributed by atoms with van der Waals surface area (Å²) < 4.78 is 16.8. The van der Waals surface area contributed by atoms with Crippen molar-refractivity contribution >= 4 is 17.9 Å². The van der Waals surface area contributed by atoms with Crippen molar-refractivity contribution in [1.29, 1.82) is 0 Å². The summed E-state index contributed by atoms with van der Waals surface area (Å²) in [5.41, 5.74) is 0. The van der Waals surface area contributed by atoms with Crippen molar-refractivity contribution in [2.75, 3.05) is 13.2 Å². The molecule has 6 heteroatoms. The molecule has 1 atom stereocenters. The van der Waals surface area contributed by atoms with Crippen molar-refractivity contribution in [2.45, 2.75) is 297 Å². The second-order valence-corrected chi connectivity index (χ2v) is 19.9. The number of carbonyl (C=O) groups excluding carboxylic acids is 3. The standard InChI is InChI=1S/C65H112O6/c1-4-7-10-13-16-19-22-23-24-25-26-27-28-29-30-31-32-33-34-35-36-37-38-39-40-41-44-46-49-52-55-58-64(67)70-61-62(71-65(68)59-56-53-50-47-43-21-18-15-12-9-6-3)60-69-63(66)57-54-51-48-45-42-20-17-14-11-8-5-2/h7,10,15-16,18-19,23-24,26-27,29-30,32-33,62H,4-6,8-9,11-14,17,20-22,25,28,31,34-61H2,1-3H3/b10-7-,18-15-,19-16-,24-23-,27-26-,30-29-,33-32-. The van der Waals surface area contributed by atoms with Gasteiger partial charge in [-0.05, 0) is 89.9 Å². The molecule has 0 aromatic carbocycles. The molecule has 0 bridgehead atoms. The van der Waals surface area contributed by atoms with Crippen molar-refractivity contribution in [3.05, 3.63) is 85.1 Å². The van der Waals surface area contributed by atoms with Crippen LogP contribution in [0, 0.1) is 0 Å². The maximum absolute atomic E-state index is 12.8. The van der Waals surface area contributed by atoms with E-state index in [-0.39, 0.29) is 31.1 Å². The van der Waals surface area contributed by atoms with Gasteiger partial charge < -0.3 is 14.2 Å². The minimum atomic E-state index is -0.777. The average Bonchev–Trinajstić information content (AvgIpc) is 3.37. The number of rotatable bonds is 54. The lowest BCUT2D eigenvalue weighted by atomic mass is 10.0. The Morgan fingerprint density at radius 2 is 0.563 bits per heavy atom. The van der Waals surface area contributed by atoms with E-state index in [1.165, 1.54) is 141 Å². The van der Waals surface area contributed by atoms with Crippen LogP contribution < -0.4 is 0 Å². The van der Waals surface area contributed by atoms with Gasteiger partial charge in [0.1, 0.15) is 13.2 Å². The van der Waals surface area contributed by atoms with E-state index in [1.807, 2.05) is 0 Å². The molecule has 0 aromatic rings. The number of esters is 3. The molecule has 0 saturated carbocycles. The second kappa shape index (κ2) is 59.2. The largest absolute Gasteiger partial charge is 0.462 e. The predicted octanol–water partition coefficient (Wildman–Crippen LogP) is 20.3. The zero-order valence-electron chi connectivity index (χ0n) is 46.7. The summed E-state index contributed by atoms with van der Waals surface area (Å²) in [5, 5.41) is 0. The van der Waals surface area contributed by atoms with Gasteiger partial charge in [-0.3, -0.25) is 14.4 Å². The Kier molecular flexibility index (Phi) is 56.3. The molecular weight excluding hydrogens is 877 g/mol. The molecule has 0 aliphatic rings. The second-order valence-electron chi connectivity index (χ2n) is 19.9. The zero-order valence-corrected chi connectivity index (χ0v) is 46.7. The van der Waals surface area contributed by atoms with Gasteiger partial charge in [-0.1, -0.05) is 266 Å². The lowest BCUT2D eigenvalue weighted by Gasteiger charge is -2.18. The highest BCUT2D eigenvalue weighted by molar-refractivity contribution is 5.71. The summed E-state index contributed by atoms with van der Waals surface area (Å²) in [6, 6.07) is 0. The number of ether oxygens (including phenoxy) is 3. The van der Waals surface area contributed by atoms with Crippen LogP contribution in [0.25, 0.3) is 0 Å². The number of hydrogen-bond acceptors (Lipinski definition) is 6. The van der Waals surface area contributed by atoms with Crippen LogP contribution in [0.5, 0.6) is 0 Å². The summed E-state index contributed by atoms with van der Waals surface area (Å²) in [6.45, 7) is 6.48. The molecule has 0 amide bonds. The quantitative estimate of drug-likeness (QED) is 0.0261. The molecule has 1 unspecified atom stereocenters. The van der Waals surface area contributed by atoms with Crippen LogP contribution in [0.1, 0.15) is 290 Å². The first-order valence-corrected chi connectivity index (χ1v) is 30.1. The topological polar surface area (TPSA) is 78.9 Å². The Labute approximate surface area is 439 Å². The summed E-state index contributed by atoms with van der Waals surface area (Å²) in [4.78, 5) is 38.0. The Balaban J connectivity index is 4.12. The smallest absolute Gasteiger partial charge is 0.306 e. The third kappa shape index (κ3) is 57.4. The number of carbonyl (C=O) groups is 3. The van der Waals surface area contributed by atoms with E-state index in [9.17, 15) is 14.4 Å². The van der Waals surface area contributed by atoms with Gasteiger partial charge in [-0.25, -0.2) is 0 Å². The van der Waals surface area contributed by atoms with E-state index in [0.29, 0.717) is 19.3 Å². The molecular formula is C65H112O6. The van der Waals surface area contributed by atoms with Gasteiger partial charge in [-0.2, -0.15) is 0 Å². The Morgan fingerprint density at radius 1 is 0.296 bits per heavy atom. The first kappa shape index (κ1) is 67.6. The number of unbranched alkanes of at least 4 members (excludes halogenated alkanes) is 29. The molecule has 71 heavy (non-hydrogen) atoms. The lowest BCUT2D eigenvalue weighted by molar-refractivity contribution is -0.167. The van der Waals surface area contributed by atoms with Crippen molar-refractivity contribution in [2.24, 2.45) is 0 Å². The minimum absolute atomic E-state index is 0.0767. The fourth-order valence-electron chi connectivity index (χ4n) is 8.37. The molecule has 6 nitrogen and oxygen atoms in total. The number of hydrogen-bond donors (Lipinski definition) is 0. The van der Waals surface area contributed by atoms with Crippen LogP contribution in [0.2, 0.25) is 0 Å². The predicted molar refractivity (Wildman–Crippen MR) is 307 cm³/mol. The Bertz CT molecular complexity index is 1370. The van der Waals surface area contributed by atoms with Crippen molar-refractivity contribution in [3.63, 3.8) is 0 Å². The summed E-state index contributed by atoms with van der Waals surface area (Å²) in [6.07, 6.45) is 77.4. The zero-order chi connectivity index (χ0) is 51.4. The van der Waals surface area contributed by atoms with Crippen LogP contribution in [0.15, 0.2) is 85.1 Å². The lowest BCUT2D eigenvalue weighted by Crippen LogP contribution is -2.30. The van der Waals surface area contributed by atoms with Crippen LogP contribution in [-0.2, 0) is 28.6 Å². The van der Waals surface area contributed by atoms with Gasteiger partial charge in [0.2, 0.25) is 0 Å². The maximum atomic E-state index is 12.8. The first-order chi connectivity index (χ1) is 35.0. The van der Waals surface area contributed by atoms with E-state index in [2.05, 4.69) is 106 Å².